The van der Waals surface area contributed by atoms with Gasteiger partial charge in [0.25, 0.3) is 5.91 Å². The lowest BCUT2D eigenvalue weighted by Gasteiger charge is -2.22. The molecule has 1 fully saturated rings. The number of sulfone groups is 1. The molecule has 1 aliphatic rings. The molecule has 2 aromatic carbocycles. The maximum Gasteiger partial charge on any atom is 0.260 e. The lowest BCUT2D eigenvalue weighted by molar-refractivity contribution is -0.137. The second-order valence-corrected chi connectivity index (χ2v) is 9.45. The predicted octanol–water partition coefficient (Wildman–Crippen LogP) is 1.88. The summed E-state index contributed by atoms with van der Waals surface area (Å²) in [4.78, 5) is 26.2. The van der Waals surface area contributed by atoms with Crippen LogP contribution in [0.15, 0.2) is 54.6 Å². The summed E-state index contributed by atoms with van der Waals surface area (Å²) in [6.07, 6.45) is 0.410. The van der Waals surface area contributed by atoms with Crippen LogP contribution in [-0.2, 0) is 19.4 Å². The van der Waals surface area contributed by atoms with E-state index in [2.05, 4.69) is 5.32 Å². The molecule has 7 nitrogen and oxygen atoms in total. The smallest absolute Gasteiger partial charge is 0.260 e. The van der Waals surface area contributed by atoms with Crippen LogP contribution in [0.5, 0.6) is 5.75 Å². The zero-order chi connectivity index (χ0) is 21.6. The van der Waals surface area contributed by atoms with Crippen molar-refractivity contribution in [3.63, 3.8) is 0 Å². The van der Waals surface area contributed by atoms with E-state index in [0.29, 0.717) is 18.7 Å². The molecular formula is C22H26N2O5S. The highest BCUT2D eigenvalue weighted by Crippen LogP contribution is 2.29. The molecule has 3 rings (SSSR count). The second-order valence-electron chi connectivity index (χ2n) is 7.23. The van der Waals surface area contributed by atoms with Crippen LogP contribution in [0.25, 0.3) is 11.1 Å². The molecule has 8 heteroatoms. The molecule has 0 unspecified atom stereocenters. The van der Waals surface area contributed by atoms with Crippen molar-refractivity contribution in [3.05, 3.63) is 54.6 Å². The summed E-state index contributed by atoms with van der Waals surface area (Å²) in [6.45, 7) is 1.81. The number of carbonyl (C=O) groups excluding carboxylic acids is 2. The first kappa shape index (κ1) is 21.8. The maximum atomic E-state index is 12.6. The lowest BCUT2D eigenvalue weighted by Crippen LogP contribution is -2.45. The van der Waals surface area contributed by atoms with E-state index < -0.39 is 9.84 Å². The number of amides is 2. The first-order valence-electron chi connectivity index (χ1n) is 9.93. The predicted molar refractivity (Wildman–Crippen MR) is 115 cm³/mol. The van der Waals surface area contributed by atoms with E-state index in [9.17, 15) is 18.0 Å². The zero-order valence-corrected chi connectivity index (χ0v) is 17.7. The van der Waals surface area contributed by atoms with Gasteiger partial charge in [-0.3, -0.25) is 9.59 Å². The van der Waals surface area contributed by atoms with Gasteiger partial charge in [0.15, 0.2) is 16.4 Å². The van der Waals surface area contributed by atoms with Gasteiger partial charge in [0.05, 0.1) is 18.1 Å². The summed E-state index contributed by atoms with van der Waals surface area (Å²) in [7, 11) is -3.07. The first-order chi connectivity index (χ1) is 14.4. The molecule has 0 aromatic heterocycles. The van der Waals surface area contributed by atoms with Crippen LogP contribution >= 0.6 is 0 Å². The molecule has 0 saturated carbocycles. The fourth-order valence-electron chi connectivity index (χ4n) is 3.41. The van der Waals surface area contributed by atoms with Crippen molar-refractivity contribution in [2.75, 3.05) is 31.2 Å². The Morgan fingerprint density at radius 2 is 1.80 bits per heavy atom. The molecule has 2 aromatic rings. The monoisotopic (exact) mass is 430 g/mol. The normalized spacial score (nSPS) is 17.3. The van der Waals surface area contributed by atoms with Crippen molar-refractivity contribution in [2.45, 2.75) is 19.4 Å². The molecule has 0 radical (unpaired) electrons. The number of rotatable bonds is 8. The summed E-state index contributed by atoms with van der Waals surface area (Å²) in [6, 6.07) is 16.8. The van der Waals surface area contributed by atoms with E-state index in [-0.39, 0.29) is 42.5 Å². The number of ether oxygens (including phenoxy) is 1. The highest BCUT2D eigenvalue weighted by atomic mass is 32.2. The Morgan fingerprint density at radius 1 is 1.10 bits per heavy atom. The summed E-state index contributed by atoms with van der Waals surface area (Å²) in [5, 5.41) is 2.71. The molecule has 160 valence electrons. The Hall–Kier alpha value is -2.87. The molecule has 0 bridgehead atoms. The van der Waals surface area contributed by atoms with Crippen molar-refractivity contribution in [2.24, 2.45) is 0 Å². The standard InChI is InChI=1S/C22H26N2O5S/c1-2-24(14-21(25)23-18-12-13-30(27,28)16-18)22(26)15-29-20-11-7-6-10-19(20)17-8-4-3-5-9-17/h3-11,18H,2,12-16H2,1H3,(H,23,25)/t18-/m1/s1. The van der Waals surface area contributed by atoms with Crippen molar-refractivity contribution < 1.29 is 22.7 Å². The molecule has 0 aliphatic carbocycles. The lowest BCUT2D eigenvalue weighted by atomic mass is 10.1. The van der Waals surface area contributed by atoms with E-state index in [0.717, 1.165) is 11.1 Å². The number of hydrogen-bond donors (Lipinski definition) is 1. The molecule has 1 atom stereocenters. The third-order valence-electron chi connectivity index (χ3n) is 4.99. The van der Waals surface area contributed by atoms with Gasteiger partial charge in [0, 0.05) is 18.2 Å². The molecule has 30 heavy (non-hydrogen) atoms. The van der Waals surface area contributed by atoms with E-state index in [1.165, 1.54) is 4.90 Å². The minimum atomic E-state index is -3.07. The topological polar surface area (TPSA) is 92.8 Å². The van der Waals surface area contributed by atoms with E-state index in [1.54, 1.807) is 13.0 Å². The molecule has 1 heterocycles. The Kier molecular flexibility index (Phi) is 7.10. The zero-order valence-electron chi connectivity index (χ0n) is 16.9. The Balaban J connectivity index is 1.57. The number of benzene rings is 2. The summed E-state index contributed by atoms with van der Waals surface area (Å²) in [5.41, 5.74) is 1.87. The summed E-state index contributed by atoms with van der Waals surface area (Å²) in [5.74, 6) is -0.0402. The Bertz CT molecular complexity index is 992. The van der Waals surface area contributed by atoms with Crippen LogP contribution in [-0.4, -0.2) is 62.4 Å². The number of carbonyl (C=O) groups is 2. The van der Waals surface area contributed by atoms with Crippen molar-refractivity contribution in [3.8, 4) is 16.9 Å². The minimum Gasteiger partial charge on any atom is -0.483 e. The van der Waals surface area contributed by atoms with Gasteiger partial charge in [-0.05, 0) is 25.0 Å². The van der Waals surface area contributed by atoms with Gasteiger partial charge in [-0.15, -0.1) is 0 Å². The second kappa shape index (κ2) is 9.75. The number of para-hydroxylation sites is 1. The van der Waals surface area contributed by atoms with Gasteiger partial charge >= 0.3 is 0 Å². The molecule has 2 amide bonds. The van der Waals surface area contributed by atoms with Crippen LogP contribution in [0.2, 0.25) is 0 Å². The summed E-state index contributed by atoms with van der Waals surface area (Å²) >= 11 is 0. The summed E-state index contributed by atoms with van der Waals surface area (Å²) < 4.78 is 28.8. The van der Waals surface area contributed by atoms with Crippen molar-refractivity contribution in [1.29, 1.82) is 0 Å². The van der Waals surface area contributed by atoms with Crippen LogP contribution in [0.3, 0.4) is 0 Å². The van der Waals surface area contributed by atoms with Gasteiger partial charge in [0.2, 0.25) is 5.91 Å². The maximum absolute atomic E-state index is 12.6. The van der Waals surface area contributed by atoms with E-state index >= 15 is 0 Å². The molecule has 1 N–H and O–H groups in total. The number of nitrogens with one attached hydrogen (secondary N) is 1. The van der Waals surface area contributed by atoms with Gasteiger partial charge in [-0.1, -0.05) is 48.5 Å². The van der Waals surface area contributed by atoms with Crippen LogP contribution < -0.4 is 10.1 Å². The molecule has 1 aliphatic heterocycles. The number of hydrogen-bond acceptors (Lipinski definition) is 5. The third kappa shape index (κ3) is 5.82. The average Bonchev–Trinajstić information content (AvgIpc) is 3.09. The quantitative estimate of drug-likeness (QED) is 0.690. The SMILES string of the molecule is CCN(CC(=O)N[C@@H]1CCS(=O)(=O)C1)C(=O)COc1ccccc1-c1ccccc1. The molecule has 0 spiro atoms. The van der Waals surface area contributed by atoms with Crippen LogP contribution in [0.1, 0.15) is 13.3 Å². The highest BCUT2D eigenvalue weighted by molar-refractivity contribution is 7.91. The average molecular weight is 431 g/mol. The van der Waals surface area contributed by atoms with Crippen molar-refractivity contribution >= 4 is 21.7 Å². The largest absolute Gasteiger partial charge is 0.483 e. The van der Waals surface area contributed by atoms with Crippen molar-refractivity contribution in [1.82, 2.24) is 10.2 Å². The van der Waals surface area contributed by atoms with Gasteiger partial charge in [0.1, 0.15) is 5.75 Å². The van der Waals surface area contributed by atoms with Gasteiger partial charge in [-0.25, -0.2) is 8.42 Å². The Labute approximate surface area is 177 Å². The van der Waals surface area contributed by atoms with Crippen LogP contribution in [0, 0.1) is 0 Å². The number of likely N-dealkylation sites (N-methyl/N-ethyl adjacent to an activating group) is 1. The minimum absolute atomic E-state index is 0.0435. The Morgan fingerprint density at radius 3 is 2.47 bits per heavy atom. The number of nitrogens with zero attached hydrogens (tertiary/aromatic N) is 1. The molecule has 1 saturated heterocycles. The van der Waals surface area contributed by atoms with Crippen LogP contribution in [0.4, 0.5) is 0 Å². The fraction of sp³-hybridized carbons (Fsp3) is 0.364. The molecular weight excluding hydrogens is 404 g/mol. The first-order valence-corrected chi connectivity index (χ1v) is 11.7. The van der Waals surface area contributed by atoms with E-state index in [4.69, 9.17) is 4.74 Å². The third-order valence-corrected chi connectivity index (χ3v) is 6.76. The fourth-order valence-corrected chi connectivity index (χ4v) is 5.08. The van der Waals surface area contributed by atoms with E-state index in [1.807, 2.05) is 48.5 Å². The van der Waals surface area contributed by atoms with Gasteiger partial charge in [-0.2, -0.15) is 0 Å². The van der Waals surface area contributed by atoms with Gasteiger partial charge < -0.3 is 15.0 Å². The highest BCUT2D eigenvalue weighted by Gasteiger charge is 2.29.